The Hall–Kier alpha value is -1.44. The Labute approximate surface area is 93.6 Å². The van der Waals surface area contributed by atoms with Gasteiger partial charge in [0.2, 0.25) is 5.88 Å². The smallest absolute Gasteiger partial charge is 0.218 e. The first-order valence-corrected chi connectivity index (χ1v) is 4.96. The van der Waals surface area contributed by atoms with Gasteiger partial charge in [-0.1, -0.05) is 0 Å². The second kappa shape index (κ2) is 6.94. The summed E-state index contributed by atoms with van der Waals surface area (Å²) in [6.45, 7) is 2.86. The summed E-state index contributed by atoms with van der Waals surface area (Å²) in [4.78, 5) is 8.17. The van der Waals surface area contributed by atoms with Crippen molar-refractivity contribution in [2.45, 2.75) is 13.5 Å². The molecule has 1 heterocycles. The predicted molar refractivity (Wildman–Crippen MR) is 57.8 cm³/mol. The number of nitrogens with zero attached hydrogens (tertiary/aromatic N) is 2. The van der Waals surface area contributed by atoms with E-state index in [0.717, 1.165) is 0 Å². The molecular weight excluding hydrogens is 212 g/mol. The van der Waals surface area contributed by atoms with Gasteiger partial charge in [0.1, 0.15) is 19.0 Å². The SMILES string of the molecule is CCOCc1nc(NN)cc(OCCO)n1. The normalized spacial score (nSPS) is 10.2. The second-order valence-corrected chi connectivity index (χ2v) is 2.86. The maximum atomic E-state index is 8.63. The van der Waals surface area contributed by atoms with Crippen LogP contribution in [-0.2, 0) is 11.3 Å². The van der Waals surface area contributed by atoms with Crippen LogP contribution >= 0.6 is 0 Å². The van der Waals surface area contributed by atoms with Crippen molar-refractivity contribution in [3.63, 3.8) is 0 Å². The molecule has 90 valence electrons. The number of hydrogen-bond donors (Lipinski definition) is 3. The number of aromatic nitrogens is 2. The van der Waals surface area contributed by atoms with Crippen LogP contribution in [0, 0.1) is 0 Å². The van der Waals surface area contributed by atoms with Crippen LogP contribution in [0.1, 0.15) is 12.7 Å². The molecular formula is C9H16N4O3. The molecule has 0 aliphatic heterocycles. The lowest BCUT2D eigenvalue weighted by Gasteiger charge is -2.08. The molecule has 0 aromatic carbocycles. The number of ether oxygens (including phenoxy) is 2. The Morgan fingerprint density at radius 1 is 1.50 bits per heavy atom. The maximum Gasteiger partial charge on any atom is 0.218 e. The minimum absolute atomic E-state index is 0.0732. The van der Waals surface area contributed by atoms with Gasteiger partial charge in [0.05, 0.1) is 6.61 Å². The van der Waals surface area contributed by atoms with Crippen molar-refractivity contribution in [2.24, 2.45) is 5.84 Å². The third-order valence-corrected chi connectivity index (χ3v) is 1.67. The van der Waals surface area contributed by atoms with E-state index in [2.05, 4.69) is 15.4 Å². The molecule has 16 heavy (non-hydrogen) atoms. The van der Waals surface area contributed by atoms with Crippen molar-refractivity contribution in [3.8, 4) is 5.88 Å². The van der Waals surface area contributed by atoms with Gasteiger partial charge in [0.25, 0.3) is 0 Å². The Morgan fingerprint density at radius 3 is 2.94 bits per heavy atom. The van der Waals surface area contributed by atoms with Gasteiger partial charge in [-0.3, -0.25) is 0 Å². The lowest BCUT2D eigenvalue weighted by atomic mass is 10.5. The lowest BCUT2D eigenvalue weighted by molar-refractivity contribution is 0.127. The van der Waals surface area contributed by atoms with Gasteiger partial charge in [-0.25, -0.2) is 10.8 Å². The quantitative estimate of drug-likeness (QED) is 0.433. The average Bonchev–Trinajstić information content (AvgIpc) is 2.33. The fourth-order valence-electron chi connectivity index (χ4n) is 1.03. The zero-order chi connectivity index (χ0) is 11.8. The van der Waals surface area contributed by atoms with E-state index in [9.17, 15) is 0 Å². The first-order valence-electron chi connectivity index (χ1n) is 4.96. The second-order valence-electron chi connectivity index (χ2n) is 2.86. The summed E-state index contributed by atoms with van der Waals surface area (Å²) >= 11 is 0. The highest BCUT2D eigenvalue weighted by Crippen LogP contribution is 2.13. The van der Waals surface area contributed by atoms with E-state index in [1.54, 1.807) is 6.07 Å². The van der Waals surface area contributed by atoms with E-state index < -0.39 is 0 Å². The zero-order valence-electron chi connectivity index (χ0n) is 9.14. The van der Waals surface area contributed by atoms with Gasteiger partial charge < -0.3 is 20.0 Å². The summed E-state index contributed by atoms with van der Waals surface area (Å²) in [5.74, 6) is 6.53. The fourth-order valence-corrected chi connectivity index (χ4v) is 1.03. The number of nitrogen functional groups attached to an aromatic ring is 1. The molecule has 1 aromatic heterocycles. The molecule has 0 bridgehead atoms. The molecule has 0 saturated carbocycles. The van der Waals surface area contributed by atoms with Crippen LogP contribution < -0.4 is 16.0 Å². The molecule has 1 aromatic rings. The highest BCUT2D eigenvalue weighted by atomic mass is 16.5. The molecule has 0 spiro atoms. The van der Waals surface area contributed by atoms with E-state index in [4.69, 9.17) is 20.4 Å². The first kappa shape index (κ1) is 12.6. The number of nitrogens with two attached hydrogens (primary N) is 1. The van der Waals surface area contributed by atoms with Crippen LogP contribution in [0.5, 0.6) is 5.88 Å². The molecule has 0 unspecified atom stereocenters. The largest absolute Gasteiger partial charge is 0.475 e. The summed E-state index contributed by atoms with van der Waals surface area (Å²) in [5.41, 5.74) is 2.41. The number of anilines is 1. The van der Waals surface area contributed by atoms with E-state index >= 15 is 0 Å². The van der Waals surface area contributed by atoms with Crippen LogP contribution in [0.3, 0.4) is 0 Å². The van der Waals surface area contributed by atoms with Crippen molar-refractivity contribution >= 4 is 5.82 Å². The first-order chi connectivity index (χ1) is 7.80. The summed E-state index contributed by atoms with van der Waals surface area (Å²) < 4.78 is 10.3. The highest BCUT2D eigenvalue weighted by Gasteiger charge is 2.04. The number of aliphatic hydroxyl groups is 1. The molecule has 0 radical (unpaired) electrons. The number of aliphatic hydroxyl groups excluding tert-OH is 1. The van der Waals surface area contributed by atoms with E-state index in [-0.39, 0.29) is 13.2 Å². The minimum Gasteiger partial charge on any atom is -0.475 e. The molecule has 0 amide bonds. The maximum absolute atomic E-state index is 8.63. The highest BCUT2D eigenvalue weighted by molar-refractivity contribution is 5.36. The van der Waals surface area contributed by atoms with Crippen molar-refractivity contribution in [2.75, 3.05) is 25.2 Å². The van der Waals surface area contributed by atoms with Gasteiger partial charge in [-0.2, -0.15) is 4.98 Å². The van der Waals surface area contributed by atoms with Crippen LogP contribution in [-0.4, -0.2) is 34.9 Å². The van der Waals surface area contributed by atoms with E-state index in [0.29, 0.717) is 30.7 Å². The molecule has 7 heteroatoms. The molecule has 0 atom stereocenters. The minimum atomic E-state index is -0.0732. The molecule has 0 saturated heterocycles. The number of hydrogen-bond acceptors (Lipinski definition) is 7. The summed E-state index contributed by atoms with van der Waals surface area (Å²) in [5, 5.41) is 8.63. The topological polar surface area (TPSA) is 103 Å². The molecule has 4 N–H and O–H groups in total. The summed E-state index contributed by atoms with van der Waals surface area (Å²) in [7, 11) is 0. The molecule has 7 nitrogen and oxygen atoms in total. The summed E-state index contributed by atoms with van der Waals surface area (Å²) in [6, 6.07) is 1.55. The molecule has 0 aliphatic rings. The Morgan fingerprint density at radius 2 is 2.31 bits per heavy atom. The standard InChI is InChI=1S/C9H16N4O3/c1-2-15-6-8-11-7(13-10)5-9(12-8)16-4-3-14/h5,14H,2-4,6,10H2,1H3,(H,11,12,13). The van der Waals surface area contributed by atoms with E-state index in [1.807, 2.05) is 6.92 Å². The van der Waals surface area contributed by atoms with Gasteiger partial charge in [-0.15, -0.1) is 0 Å². The average molecular weight is 228 g/mol. The Balaban J connectivity index is 2.74. The van der Waals surface area contributed by atoms with Crippen molar-refractivity contribution in [1.29, 1.82) is 0 Å². The monoisotopic (exact) mass is 228 g/mol. The van der Waals surface area contributed by atoms with Gasteiger partial charge in [0, 0.05) is 12.7 Å². The molecule has 0 fully saturated rings. The van der Waals surface area contributed by atoms with Crippen LogP contribution in [0.2, 0.25) is 0 Å². The zero-order valence-corrected chi connectivity index (χ0v) is 9.14. The molecule has 0 aliphatic carbocycles. The van der Waals surface area contributed by atoms with Crippen molar-refractivity contribution < 1.29 is 14.6 Å². The van der Waals surface area contributed by atoms with Gasteiger partial charge in [-0.05, 0) is 6.92 Å². The fraction of sp³-hybridized carbons (Fsp3) is 0.556. The number of nitrogens with one attached hydrogen (secondary N) is 1. The van der Waals surface area contributed by atoms with Crippen LogP contribution in [0.25, 0.3) is 0 Å². The summed E-state index contributed by atoms with van der Waals surface area (Å²) in [6.07, 6.45) is 0. The predicted octanol–water partition coefficient (Wildman–Crippen LogP) is -0.330. The van der Waals surface area contributed by atoms with E-state index in [1.165, 1.54) is 0 Å². The number of hydrazine groups is 1. The lowest BCUT2D eigenvalue weighted by Crippen LogP contribution is -2.12. The Bertz CT molecular complexity index is 295. The third kappa shape index (κ3) is 3.97. The third-order valence-electron chi connectivity index (χ3n) is 1.67. The van der Waals surface area contributed by atoms with Crippen LogP contribution in [0.15, 0.2) is 6.07 Å². The Kier molecular flexibility index (Phi) is 5.48. The van der Waals surface area contributed by atoms with Crippen LogP contribution in [0.4, 0.5) is 5.82 Å². The van der Waals surface area contributed by atoms with Crippen molar-refractivity contribution in [1.82, 2.24) is 9.97 Å². The van der Waals surface area contributed by atoms with Gasteiger partial charge >= 0.3 is 0 Å². The number of rotatable bonds is 7. The molecule has 1 rings (SSSR count). The van der Waals surface area contributed by atoms with Crippen molar-refractivity contribution in [3.05, 3.63) is 11.9 Å². The van der Waals surface area contributed by atoms with Gasteiger partial charge in [0.15, 0.2) is 5.82 Å².